The normalized spacial score (nSPS) is 10.4. The van der Waals surface area contributed by atoms with Crippen molar-refractivity contribution >= 4 is 29.2 Å². The van der Waals surface area contributed by atoms with E-state index in [0.29, 0.717) is 12.3 Å². The molecule has 0 heterocycles. The fourth-order valence-electron chi connectivity index (χ4n) is 1.54. The average molecular weight is 250 g/mol. The fourth-order valence-corrected chi connectivity index (χ4v) is 1.61. The second kappa shape index (κ2) is 7.70. The van der Waals surface area contributed by atoms with Crippen LogP contribution in [0.1, 0.15) is 12.8 Å². The van der Waals surface area contributed by atoms with Crippen molar-refractivity contribution in [3.05, 3.63) is 24.3 Å². The van der Waals surface area contributed by atoms with Gasteiger partial charge in [-0.25, -0.2) is 0 Å². The fraction of sp³-hybridized carbons (Fsp3) is 0.385. The van der Waals surface area contributed by atoms with Gasteiger partial charge in [0.15, 0.2) is 0 Å². The van der Waals surface area contributed by atoms with E-state index in [2.05, 4.69) is 16.0 Å². The summed E-state index contributed by atoms with van der Waals surface area (Å²) < 4.78 is 0. The van der Waals surface area contributed by atoms with Crippen molar-refractivity contribution in [1.82, 2.24) is 0 Å². The number of nitrogens with zero attached hydrogens (tertiary/aromatic N) is 3. The van der Waals surface area contributed by atoms with Gasteiger partial charge >= 0.3 is 0 Å². The summed E-state index contributed by atoms with van der Waals surface area (Å²) in [5.74, 6) is 0.409. The van der Waals surface area contributed by atoms with Crippen molar-refractivity contribution in [2.24, 2.45) is 4.99 Å². The third kappa shape index (κ3) is 4.46. The third-order valence-corrected chi connectivity index (χ3v) is 2.51. The molecule has 4 heteroatoms. The van der Waals surface area contributed by atoms with Gasteiger partial charge in [0.2, 0.25) is 0 Å². The van der Waals surface area contributed by atoms with Crippen molar-refractivity contribution < 1.29 is 0 Å². The van der Waals surface area contributed by atoms with Crippen molar-refractivity contribution in [3.63, 3.8) is 0 Å². The second-order valence-corrected chi connectivity index (χ2v) is 3.95. The first-order chi connectivity index (χ1) is 8.29. The van der Waals surface area contributed by atoms with Crippen LogP contribution in [0.3, 0.4) is 0 Å². The number of anilines is 1. The lowest BCUT2D eigenvalue weighted by Crippen LogP contribution is -2.18. The Kier molecular flexibility index (Phi) is 6.13. The molecule has 0 amide bonds. The zero-order valence-electron chi connectivity index (χ0n) is 9.93. The Balaban J connectivity index is 2.74. The number of hydrogen-bond donors (Lipinski definition) is 0. The molecule has 0 N–H and O–H groups in total. The molecular formula is C13H16ClN3. The Morgan fingerprint density at radius 3 is 2.94 bits per heavy atom. The number of para-hydroxylation sites is 2. The lowest BCUT2D eigenvalue weighted by Gasteiger charge is -2.20. The Bertz CT molecular complexity index is 409. The van der Waals surface area contributed by atoms with Gasteiger partial charge in [0.05, 0.1) is 23.3 Å². The van der Waals surface area contributed by atoms with E-state index in [1.807, 2.05) is 31.3 Å². The van der Waals surface area contributed by atoms with Crippen LogP contribution in [-0.4, -0.2) is 25.7 Å². The molecule has 90 valence electrons. The van der Waals surface area contributed by atoms with Crippen LogP contribution in [0.25, 0.3) is 0 Å². The highest BCUT2D eigenvalue weighted by Gasteiger charge is 2.04. The van der Waals surface area contributed by atoms with Crippen molar-refractivity contribution in [2.75, 3.05) is 24.4 Å². The minimum atomic E-state index is 0.409. The maximum Gasteiger partial charge on any atom is 0.0859 e. The molecule has 0 saturated heterocycles. The summed E-state index contributed by atoms with van der Waals surface area (Å²) in [6.45, 7) is 0.848. The van der Waals surface area contributed by atoms with Crippen molar-refractivity contribution in [1.29, 1.82) is 5.26 Å². The summed E-state index contributed by atoms with van der Waals surface area (Å²) in [5.41, 5.74) is 1.97. The monoisotopic (exact) mass is 249 g/mol. The minimum Gasteiger partial charge on any atom is -0.373 e. The first kappa shape index (κ1) is 13.5. The van der Waals surface area contributed by atoms with Crippen LogP contribution in [0.2, 0.25) is 0 Å². The van der Waals surface area contributed by atoms with Gasteiger partial charge in [0.1, 0.15) is 0 Å². The average Bonchev–Trinajstić information content (AvgIpc) is 2.37. The highest BCUT2D eigenvalue weighted by molar-refractivity contribution is 6.24. The van der Waals surface area contributed by atoms with Gasteiger partial charge in [-0.3, -0.25) is 4.99 Å². The number of alkyl halides is 1. The first-order valence-corrected chi connectivity index (χ1v) is 6.08. The van der Waals surface area contributed by atoms with E-state index in [0.717, 1.165) is 24.3 Å². The molecule has 0 fully saturated rings. The summed E-state index contributed by atoms with van der Waals surface area (Å²) >= 11 is 5.59. The van der Waals surface area contributed by atoms with Gasteiger partial charge < -0.3 is 4.90 Å². The van der Waals surface area contributed by atoms with E-state index in [4.69, 9.17) is 16.9 Å². The van der Waals surface area contributed by atoms with E-state index in [1.165, 1.54) is 0 Å². The maximum atomic E-state index is 8.51. The zero-order chi connectivity index (χ0) is 12.5. The van der Waals surface area contributed by atoms with Crippen LogP contribution >= 0.6 is 11.6 Å². The molecule has 0 aliphatic heterocycles. The molecule has 1 aromatic rings. The SMILES string of the molecule is CN(CCCC#N)c1ccccc1N=CCCl. The van der Waals surface area contributed by atoms with E-state index in [9.17, 15) is 0 Å². The van der Waals surface area contributed by atoms with Gasteiger partial charge in [-0.1, -0.05) is 12.1 Å². The van der Waals surface area contributed by atoms with Gasteiger partial charge in [-0.15, -0.1) is 11.6 Å². The summed E-state index contributed by atoms with van der Waals surface area (Å²) in [5, 5.41) is 8.51. The number of rotatable bonds is 6. The molecule has 3 nitrogen and oxygen atoms in total. The van der Waals surface area contributed by atoms with Crippen LogP contribution in [0.15, 0.2) is 29.3 Å². The molecule has 1 rings (SSSR count). The summed E-state index contributed by atoms with van der Waals surface area (Å²) in [7, 11) is 2.01. The first-order valence-electron chi connectivity index (χ1n) is 5.55. The molecular weight excluding hydrogens is 234 g/mol. The number of benzene rings is 1. The van der Waals surface area contributed by atoms with Crippen molar-refractivity contribution in [3.8, 4) is 6.07 Å². The van der Waals surface area contributed by atoms with Crippen molar-refractivity contribution in [2.45, 2.75) is 12.8 Å². The Morgan fingerprint density at radius 1 is 1.47 bits per heavy atom. The highest BCUT2D eigenvalue weighted by atomic mass is 35.5. The van der Waals surface area contributed by atoms with Gasteiger partial charge in [0, 0.05) is 26.2 Å². The predicted molar refractivity (Wildman–Crippen MR) is 73.4 cm³/mol. The summed E-state index contributed by atoms with van der Waals surface area (Å²) in [6, 6.07) is 10.1. The second-order valence-electron chi connectivity index (χ2n) is 3.64. The lowest BCUT2D eigenvalue weighted by atomic mass is 10.2. The minimum absolute atomic E-state index is 0.409. The maximum absolute atomic E-state index is 8.51. The smallest absolute Gasteiger partial charge is 0.0859 e. The molecule has 0 aliphatic carbocycles. The van der Waals surface area contributed by atoms with Crippen LogP contribution in [-0.2, 0) is 0 Å². The number of aliphatic imine (C=N–C) groups is 1. The van der Waals surface area contributed by atoms with E-state index < -0.39 is 0 Å². The Hall–Kier alpha value is -1.53. The largest absolute Gasteiger partial charge is 0.373 e. The molecule has 0 bridgehead atoms. The van der Waals surface area contributed by atoms with Crippen LogP contribution in [0.4, 0.5) is 11.4 Å². The zero-order valence-corrected chi connectivity index (χ0v) is 10.7. The van der Waals surface area contributed by atoms with Crippen LogP contribution in [0, 0.1) is 11.3 Å². The molecule has 0 radical (unpaired) electrons. The molecule has 0 unspecified atom stereocenters. The van der Waals surface area contributed by atoms with Crippen LogP contribution in [0.5, 0.6) is 0 Å². The highest BCUT2D eigenvalue weighted by Crippen LogP contribution is 2.27. The quantitative estimate of drug-likeness (QED) is 0.441. The molecule has 1 aromatic carbocycles. The molecule has 0 spiro atoms. The predicted octanol–water partition coefficient (Wildman–Crippen LogP) is 3.37. The number of halogens is 1. The Morgan fingerprint density at radius 2 is 2.24 bits per heavy atom. The molecule has 0 saturated carbocycles. The van der Waals surface area contributed by atoms with E-state index >= 15 is 0 Å². The Labute approximate surface area is 107 Å². The lowest BCUT2D eigenvalue weighted by molar-refractivity contribution is 0.807. The van der Waals surface area contributed by atoms with E-state index in [1.54, 1.807) is 6.21 Å². The number of unbranched alkanes of at least 4 members (excludes halogenated alkanes) is 1. The van der Waals surface area contributed by atoms with Gasteiger partial charge in [-0.2, -0.15) is 5.26 Å². The van der Waals surface area contributed by atoms with Crippen LogP contribution < -0.4 is 4.90 Å². The number of hydrogen-bond acceptors (Lipinski definition) is 3. The summed E-state index contributed by atoms with van der Waals surface area (Å²) in [6.07, 6.45) is 3.13. The topological polar surface area (TPSA) is 39.4 Å². The van der Waals surface area contributed by atoms with E-state index in [-0.39, 0.29) is 0 Å². The van der Waals surface area contributed by atoms with Gasteiger partial charge in [-0.05, 0) is 18.6 Å². The van der Waals surface area contributed by atoms with Gasteiger partial charge in [0.25, 0.3) is 0 Å². The molecule has 0 atom stereocenters. The summed E-state index contributed by atoms with van der Waals surface area (Å²) in [4.78, 5) is 6.42. The molecule has 0 aromatic heterocycles. The molecule has 17 heavy (non-hydrogen) atoms. The molecule has 0 aliphatic rings. The third-order valence-electron chi connectivity index (χ3n) is 2.37. The standard InChI is InChI=1S/C13H16ClN3/c1-17(11-5-4-9-15)13-7-3-2-6-12(13)16-10-8-14/h2-3,6-7,10H,4-5,8,11H2,1H3. The number of nitriles is 1.